The van der Waals surface area contributed by atoms with Crippen LogP contribution in [-0.2, 0) is 0 Å². The largest absolute Gasteiger partial charge is 0.311 e. The summed E-state index contributed by atoms with van der Waals surface area (Å²) in [5.41, 5.74) is 11.8. The van der Waals surface area contributed by atoms with Crippen molar-refractivity contribution in [3.05, 3.63) is 180 Å². The summed E-state index contributed by atoms with van der Waals surface area (Å²) in [5, 5.41) is 14.0. The lowest BCUT2D eigenvalue weighted by molar-refractivity contribution is 1.18. The third-order valence-electron chi connectivity index (χ3n) is 9.57. The smallest absolute Gasteiger partial charge is 0.189 e. The number of nitriles is 1. The van der Waals surface area contributed by atoms with Gasteiger partial charge in [-0.15, -0.1) is 0 Å². The van der Waals surface area contributed by atoms with Crippen molar-refractivity contribution in [2.75, 3.05) is 0 Å². The van der Waals surface area contributed by atoms with Gasteiger partial charge < -0.3 is 9.13 Å². The summed E-state index contributed by atoms with van der Waals surface area (Å²) in [4.78, 5) is 7.48. The third-order valence-corrected chi connectivity index (χ3v) is 9.57. The SMILES string of the molecule is [C-]#[N+]c1ccc(-c2cccc(-c3ccc(-n4c5ccccc5c5ccccc54)cc3)c2)c(-n2c3ccc(C#N)cc3c3ccc([N+]#[C-])cc32)c1. The molecule has 0 bridgehead atoms. The summed E-state index contributed by atoms with van der Waals surface area (Å²) in [5.74, 6) is 0. The molecule has 9 rings (SSSR count). The molecule has 0 atom stereocenters. The molecule has 0 N–H and O–H groups in total. The molecule has 9 aromatic rings. The van der Waals surface area contributed by atoms with Gasteiger partial charge in [0.15, 0.2) is 11.4 Å². The van der Waals surface area contributed by atoms with Gasteiger partial charge in [-0.05, 0) is 77.4 Å². The molecule has 50 heavy (non-hydrogen) atoms. The van der Waals surface area contributed by atoms with E-state index >= 15 is 0 Å². The summed E-state index contributed by atoms with van der Waals surface area (Å²) >= 11 is 0. The quantitative estimate of drug-likeness (QED) is 0.177. The first-order valence-corrected chi connectivity index (χ1v) is 16.2. The van der Waals surface area contributed by atoms with Crippen LogP contribution in [0, 0.1) is 24.5 Å². The molecule has 0 aliphatic rings. The average molecular weight is 636 g/mol. The monoisotopic (exact) mass is 635 g/mol. The molecule has 0 unspecified atom stereocenters. The van der Waals surface area contributed by atoms with Gasteiger partial charge in [-0.2, -0.15) is 5.26 Å². The van der Waals surface area contributed by atoms with Crippen molar-refractivity contribution in [1.82, 2.24) is 9.13 Å². The average Bonchev–Trinajstić information content (AvgIpc) is 3.69. The summed E-state index contributed by atoms with van der Waals surface area (Å²) in [6.45, 7) is 15.5. The van der Waals surface area contributed by atoms with Crippen molar-refractivity contribution in [2.24, 2.45) is 0 Å². The maximum Gasteiger partial charge on any atom is 0.189 e. The normalized spacial score (nSPS) is 11.1. The molecule has 0 aliphatic carbocycles. The number of aromatic nitrogens is 2. The van der Waals surface area contributed by atoms with E-state index in [-0.39, 0.29) is 0 Å². The maximum atomic E-state index is 9.67. The van der Waals surface area contributed by atoms with E-state index < -0.39 is 0 Å². The third kappa shape index (κ3) is 4.45. The van der Waals surface area contributed by atoms with Gasteiger partial charge in [-0.3, -0.25) is 0 Å². The van der Waals surface area contributed by atoms with Crippen LogP contribution in [0.5, 0.6) is 0 Å². The van der Waals surface area contributed by atoms with Crippen LogP contribution < -0.4 is 0 Å². The number of para-hydroxylation sites is 2. The van der Waals surface area contributed by atoms with E-state index in [1.54, 1.807) is 0 Å². The number of fused-ring (bicyclic) bond motifs is 6. The zero-order valence-corrected chi connectivity index (χ0v) is 26.7. The summed E-state index contributed by atoms with van der Waals surface area (Å²) in [7, 11) is 0. The van der Waals surface area contributed by atoms with Crippen molar-refractivity contribution in [3.8, 4) is 39.7 Å². The molecule has 7 aromatic carbocycles. The highest BCUT2D eigenvalue weighted by molar-refractivity contribution is 6.11. The van der Waals surface area contributed by atoms with E-state index in [0.717, 1.165) is 55.4 Å². The zero-order valence-electron chi connectivity index (χ0n) is 26.7. The number of nitrogens with zero attached hydrogens (tertiary/aromatic N) is 5. The molecule has 2 aromatic heterocycles. The second kappa shape index (κ2) is 11.4. The number of rotatable bonds is 4. The fourth-order valence-corrected chi connectivity index (χ4v) is 7.30. The highest BCUT2D eigenvalue weighted by Gasteiger charge is 2.18. The standard InChI is InChI=1S/C45H25N5/c1-47-33-17-21-36(44(26-33)50-43-23-14-29(28-46)24-40(43)39-22-18-34(48-2)27-45(39)50)32-9-7-8-31(25-32)30-15-19-35(20-16-30)49-41-12-5-3-10-37(41)38-11-4-6-13-42(38)49/h3-27H. The molecule has 0 saturated heterocycles. The van der Waals surface area contributed by atoms with Crippen LogP contribution >= 0.6 is 0 Å². The Morgan fingerprint density at radius 2 is 1.10 bits per heavy atom. The van der Waals surface area contributed by atoms with Crippen molar-refractivity contribution in [2.45, 2.75) is 0 Å². The van der Waals surface area contributed by atoms with E-state index in [2.05, 4.69) is 122 Å². The van der Waals surface area contributed by atoms with E-state index in [1.165, 1.54) is 21.8 Å². The van der Waals surface area contributed by atoms with Gasteiger partial charge >= 0.3 is 0 Å². The van der Waals surface area contributed by atoms with Crippen molar-refractivity contribution in [3.63, 3.8) is 0 Å². The Kier molecular flexibility index (Phi) is 6.56. The lowest BCUT2D eigenvalue weighted by Gasteiger charge is -2.16. The van der Waals surface area contributed by atoms with Gasteiger partial charge in [0.1, 0.15) is 0 Å². The Bertz CT molecular complexity index is 2900. The van der Waals surface area contributed by atoms with Crippen LogP contribution in [0.3, 0.4) is 0 Å². The van der Waals surface area contributed by atoms with Gasteiger partial charge in [0.2, 0.25) is 0 Å². The van der Waals surface area contributed by atoms with Crippen molar-refractivity contribution < 1.29 is 0 Å². The van der Waals surface area contributed by atoms with E-state index in [1.807, 2.05) is 54.6 Å². The Labute approximate surface area is 288 Å². The predicted molar refractivity (Wildman–Crippen MR) is 203 cm³/mol. The van der Waals surface area contributed by atoms with Crippen molar-refractivity contribution in [1.29, 1.82) is 5.26 Å². The number of benzene rings is 7. The molecule has 0 aliphatic heterocycles. The Morgan fingerprint density at radius 3 is 1.82 bits per heavy atom. The molecule has 0 saturated carbocycles. The summed E-state index contributed by atoms with van der Waals surface area (Å²) < 4.78 is 4.44. The lowest BCUT2D eigenvalue weighted by Crippen LogP contribution is -1.97. The Morgan fingerprint density at radius 1 is 0.460 bits per heavy atom. The molecule has 230 valence electrons. The summed E-state index contributed by atoms with van der Waals surface area (Å²) in [6, 6.07) is 53.6. The molecule has 0 radical (unpaired) electrons. The topological polar surface area (TPSA) is 42.4 Å². The highest BCUT2D eigenvalue weighted by atomic mass is 15.0. The Balaban J connectivity index is 1.19. The first kappa shape index (κ1) is 28.8. The predicted octanol–water partition coefficient (Wildman–Crippen LogP) is 12.2. The van der Waals surface area contributed by atoms with E-state index in [0.29, 0.717) is 16.9 Å². The minimum Gasteiger partial charge on any atom is -0.311 e. The maximum absolute atomic E-state index is 9.67. The molecule has 5 nitrogen and oxygen atoms in total. The Hall–Kier alpha value is -7.39. The van der Waals surface area contributed by atoms with Crippen LogP contribution in [0.1, 0.15) is 5.56 Å². The molecular weight excluding hydrogens is 611 g/mol. The molecular formula is C45H25N5. The van der Waals surface area contributed by atoms with Crippen molar-refractivity contribution >= 4 is 55.0 Å². The van der Waals surface area contributed by atoms with Crippen LogP contribution in [0.15, 0.2) is 152 Å². The van der Waals surface area contributed by atoms with E-state index in [4.69, 9.17) is 13.1 Å². The number of hydrogen-bond donors (Lipinski definition) is 0. The molecule has 0 spiro atoms. The minimum absolute atomic E-state index is 0.519. The van der Waals surface area contributed by atoms with Gasteiger partial charge in [0.25, 0.3) is 0 Å². The second-order valence-electron chi connectivity index (χ2n) is 12.3. The summed E-state index contributed by atoms with van der Waals surface area (Å²) in [6.07, 6.45) is 0. The van der Waals surface area contributed by atoms with Gasteiger partial charge in [0, 0.05) is 44.0 Å². The van der Waals surface area contributed by atoms with Crippen LogP contribution in [0.4, 0.5) is 11.4 Å². The minimum atomic E-state index is 0.519. The molecule has 0 fully saturated rings. The second-order valence-corrected chi connectivity index (χ2v) is 12.3. The first-order valence-electron chi connectivity index (χ1n) is 16.2. The highest BCUT2D eigenvalue weighted by Crippen LogP contribution is 2.40. The fourth-order valence-electron chi connectivity index (χ4n) is 7.30. The van der Waals surface area contributed by atoms with E-state index in [9.17, 15) is 5.26 Å². The number of hydrogen-bond acceptors (Lipinski definition) is 1. The fraction of sp³-hybridized carbons (Fsp3) is 0. The molecule has 5 heteroatoms. The van der Waals surface area contributed by atoms with Crippen LogP contribution in [-0.4, -0.2) is 9.13 Å². The zero-order chi connectivity index (χ0) is 33.8. The van der Waals surface area contributed by atoms with Crippen LogP contribution in [0.2, 0.25) is 0 Å². The van der Waals surface area contributed by atoms with Gasteiger partial charge in [-0.25, -0.2) is 9.69 Å². The lowest BCUT2D eigenvalue weighted by atomic mass is 9.97. The van der Waals surface area contributed by atoms with Gasteiger partial charge in [0.05, 0.1) is 41.3 Å². The van der Waals surface area contributed by atoms with Gasteiger partial charge in [-0.1, -0.05) is 91.0 Å². The molecule has 2 heterocycles. The molecule has 0 amide bonds. The van der Waals surface area contributed by atoms with Crippen LogP contribution in [0.25, 0.3) is 86.9 Å². The first-order chi connectivity index (χ1) is 24.6.